The minimum absolute atomic E-state index is 0.0862. The summed E-state index contributed by atoms with van der Waals surface area (Å²) in [5.41, 5.74) is 1.28. The lowest BCUT2D eigenvalue weighted by atomic mass is 10.0. The van der Waals surface area contributed by atoms with Crippen molar-refractivity contribution in [1.29, 1.82) is 0 Å². The zero-order valence-electron chi connectivity index (χ0n) is 10.6. The third-order valence-electron chi connectivity index (χ3n) is 3.62. The van der Waals surface area contributed by atoms with Gasteiger partial charge in [0.2, 0.25) is 5.91 Å². The minimum Gasteiger partial charge on any atom is -0.396 e. The fourth-order valence-corrected chi connectivity index (χ4v) is 2.11. The van der Waals surface area contributed by atoms with Crippen LogP contribution in [0.25, 0.3) is 0 Å². The molecule has 1 aliphatic carbocycles. The summed E-state index contributed by atoms with van der Waals surface area (Å²) >= 11 is 0. The molecule has 0 aliphatic heterocycles. The fourth-order valence-electron chi connectivity index (χ4n) is 2.11. The minimum atomic E-state index is 0.0862. The van der Waals surface area contributed by atoms with Gasteiger partial charge in [-0.15, -0.1) is 0 Å². The molecule has 1 amide bonds. The lowest BCUT2D eigenvalue weighted by Crippen LogP contribution is -2.30. The SMILES string of the molecule is O=C(CCc1cccnc1)NCC1(CCO)CC1. The summed E-state index contributed by atoms with van der Waals surface area (Å²) in [7, 11) is 0. The topological polar surface area (TPSA) is 62.2 Å². The number of nitrogens with zero attached hydrogens (tertiary/aromatic N) is 1. The average Bonchev–Trinajstić information content (AvgIpc) is 3.16. The molecule has 0 atom stereocenters. The van der Waals surface area contributed by atoms with Crippen molar-refractivity contribution in [2.45, 2.75) is 32.1 Å². The summed E-state index contributed by atoms with van der Waals surface area (Å²) < 4.78 is 0. The van der Waals surface area contributed by atoms with Crippen LogP contribution in [0.5, 0.6) is 0 Å². The summed E-state index contributed by atoms with van der Waals surface area (Å²) in [6, 6.07) is 3.86. The van der Waals surface area contributed by atoms with E-state index in [9.17, 15) is 4.79 Å². The Kier molecular flexibility index (Phi) is 4.31. The Morgan fingerprint density at radius 3 is 2.94 bits per heavy atom. The van der Waals surface area contributed by atoms with Gasteiger partial charge in [-0.1, -0.05) is 6.07 Å². The number of carbonyl (C=O) groups is 1. The van der Waals surface area contributed by atoms with Crippen LogP contribution < -0.4 is 5.32 Å². The van der Waals surface area contributed by atoms with Gasteiger partial charge in [-0.2, -0.15) is 0 Å². The van der Waals surface area contributed by atoms with Gasteiger partial charge in [0.1, 0.15) is 0 Å². The van der Waals surface area contributed by atoms with Crippen molar-refractivity contribution < 1.29 is 9.90 Å². The summed E-state index contributed by atoms with van der Waals surface area (Å²) in [6.45, 7) is 0.922. The molecule has 1 fully saturated rings. The van der Waals surface area contributed by atoms with Crippen molar-refractivity contribution in [3.8, 4) is 0 Å². The lowest BCUT2D eigenvalue weighted by Gasteiger charge is -2.14. The summed E-state index contributed by atoms with van der Waals surface area (Å²) in [6.07, 6.45) is 7.80. The standard InChI is InChI=1S/C14H20N2O2/c17-9-7-14(5-6-14)11-16-13(18)4-3-12-2-1-8-15-10-12/h1-2,8,10,17H,3-7,9,11H2,(H,16,18). The smallest absolute Gasteiger partial charge is 0.220 e. The highest BCUT2D eigenvalue weighted by Gasteiger charge is 2.41. The first-order chi connectivity index (χ1) is 8.74. The molecule has 4 heteroatoms. The van der Waals surface area contributed by atoms with Gasteiger partial charge in [-0.05, 0) is 42.7 Å². The molecule has 4 nitrogen and oxygen atoms in total. The maximum Gasteiger partial charge on any atom is 0.220 e. The Balaban J connectivity index is 1.67. The maximum atomic E-state index is 11.7. The third-order valence-corrected chi connectivity index (χ3v) is 3.62. The number of carbonyl (C=O) groups excluding carboxylic acids is 1. The van der Waals surface area contributed by atoms with Crippen LogP contribution in [0, 0.1) is 5.41 Å². The average molecular weight is 248 g/mol. The molecule has 0 radical (unpaired) electrons. The molecular formula is C14H20N2O2. The van der Waals surface area contributed by atoms with Gasteiger partial charge in [0.25, 0.3) is 0 Å². The number of rotatable bonds is 7. The van der Waals surface area contributed by atoms with Crippen molar-refractivity contribution in [1.82, 2.24) is 10.3 Å². The number of amides is 1. The van der Waals surface area contributed by atoms with Crippen LogP contribution in [0.15, 0.2) is 24.5 Å². The number of nitrogens with one attached hydrogen (secondary N) is 1. The first-order valence-electron chi connectivity index (χ1n) is 6.51. The molecule has 1 aliphatic rings. The van der Waals surface area contributed by atoms with Crippen LogP contribution in [-0.2, 0) is 11.2 Å². The quantitative estimate of drug-likeness (QED) is 0.764. The van der Waals surface area contributed by atoms with Crippen molar-refractivity contribution in [3.05, 3.63) is 30.1 Å². The van der Waals surface area contributed by atoms with Crippen LogP contribution in [0.3, 0.4) is 0 Å². The van der Waals surface area contributed by atoms with Crippen molar-refractivity contribution in [2.24, 2.45) is 5.41 Å². The van der Waals surface area contributed by atoms with Crippen LogP contribution >= 0.6 is 0 Å². The second-order valence-electron chi connectivity index (χ2n) is 5.11. The molecule has 0 unspecified atom stereocenters. The molecule has 18 heavy (non-hydrogen) atoms. The van der Waals surface area contributed by atoms with E-state index >= 15 is 0 Å². The van der Waals surface area contributed by atoms with Gasteiger partial charge >= 0.3 is 0 Å². The first kappa shape index (κ1) is 13.0. The molecule has 2 rings (SSSR count). The van der Waals surface area contributed by atoms with E-state index in [1.54, 1.807) is 12.4 Å². The Labute approximate surface area is 107 Å². The number of aliphatic hydroxyl groups excluding tert-OH is 1. The molecule has 1 heterocycles. The Morgan fingerprint density at radius 1 is 1.50 bits per heavy atom. The number of aromatic nitrogens is 1. The van der Waals surface area contributed by atoms with Gasteiger partial charge in [0.15, 0.2) is 0 Å². The molecule has 0 saturated heterocycles. The zero-order chi connectivity index (χ0) is 12.8. The summed E-state index contributed by atoms with van der Waals surface area (Å²) in [4.78, 5) is 15.7. The fraction of sp³-hybridized carbons (Fsp3) is 0.571. The Bertz CT molecular complexity index is 388. The number of hydrogen-bond donors (Lipinski definition) is 2. The van der Waals surface area contributed by atoms with Crippen LogP contribution in [0.4, 0.5) is 0 Å². The Hall–Kier alpha value is -1.42. The third kappa shape index (κ3) is 3.81. The van der Waals surface area contributed by atoms with Crippen LogP contribution in [-0.4, -0.2) is 29.1 Å². The second-order valence-corrected chi connectivity index (χ2v) is 5.11. The van der Waals surface area contributed by atoms with E-state index in [4.69, 9.17) is 5.11 Å². The monoisotopic (exact) mass is 248 g/mol. The molecule has 0 spiro atoms. The number of hydrogen-bond acceptors (Lipinski definition) is 3. The van der Waals surface area contributed by atoms with E-state index in [0.29, 0.717) is 13.0 Å². The van der Waals surface area contributed by atoms with Crippen molar-refractivity contribution in [2.75, 3.05) is 13.2 Å². The summed E-state index contributed by atoms with van der Waals surface area (Å²) in [5.74, 6) is 0.0862. The van der Waals surface area contributed by atoms with E-state index in [2.05, 4.69) is 10.3 Å². The molecule has 0 bridgehead atoms. The van der Waals surface area contributed by atoms with E-state index in [-0.39, 0.29) is 17.9 Å². The highest BCUT2D eigenvalue weighted by atomic mass is 16.3. The largest absolute Gasteiger partial charge is 0.396 e. The van der Waals surface area contributed by atoms with Gasteiger partial charge in [-0.25, -0.2) is 0 Å². The Morgan fingerprint density at radius 2 is 2.33 bits per heavy atom. The van der Waals surface area contributed by atoms with E-state index in [1.165, 1.54) is 0 Å². The predicted octanol–water partition coefficient (Wildman–Crippen LogP) is 1.29. The van der Waals surface area contributed by atoms with Gasteiger partial charge in [0, 0.05) is 32.0 Å². The van der Waals surface area contributed by atoms with Crippen molar-refractivity contribution in [3.63, 3.8) is 0 Å². The van der Waals surface area contributed by atoms with Crippen LogP contribution in [0.1, 0.15) is 31.2 Å². The zero-order valence-corrected chi connectivity index (χ0v) is 10.6. The number of aryl methyl sites for hydroxylation is 1. The van der Waals surface area contributed by atoms with Gasteiger partial charge in [0.05, 0.1) is 0 Å². The molecule has 0 aromatic carbocycles. The first-order valence-corrected chi connectivity index (χ1v) is 6.51. The second kappa shape index (κ2) is 5.96. The van der Waals surface area contributed by atoms with Gasteiger partial charge in [-0.3, -0.25) is 9.78 Å². The van der Waals surface area contributed by atoms with E-state index in [0.717, 1.165) is 31.2 Å². The molecule has 1 aromatic rings. The highest BCUT2D eigenvalue weighted by molar-refractivity contribution is 5.76. The molecular weight excluding hydrogens is 228 g/mol. The predicted molar refractivity (Wildman–Crippen MR) is 68.9 cm³/mol. The normalized spacial score (nSPS) is 16.3. The number of pyridine rings is 1. The highest BCUT2D eigenvalue weighted by Crippen LogP contribution is 2.47. The molecule has 2 N–H and O–H groups in total. The van der Waals surface area contributed by atoms with E-state index < -0.39 is 0 Å². The molecule has 1 aromatic heterocycles. The number of aliphatic hydroxyl groups is 1. The lowest BCUT2D eigenvalue weighted by molar-refractivity contribution is -0.121. The molecule has 1 saturated carbocycles. The van der Waals surface area contributed by atoms with Crippen molar-refractivity contribution >= 4 is 5.91 Å². The summed E-state index contributed by atoms with van der Waals surface area (Å²) in [5, 5.41) is 11.9. The van der Waals surface area contributed by atoms with Gasteiger partial charge < -0.3 is 10.4 Å². The molecule has 98 valence electrons. The maximum absolute atomic E-state index is 11.7. The van der Waals surface area contributed by atoms with Crippen LogP contribution in [0.2, 0.25) is 0 Å². The van der Waals surface area contributed by atoms with E-state index in [1.807, 2.05) is 12.1 Å².